The van der Waals surface area contributed by atoms with E-state index in [2.05, 4.69) is 66.6 Å². The lowest BCUT2D eigenvalue weighted by atomic mass is 9.87. The first-order chi connectivity index (χ1) is 16.2. The van der Waals surface area contributed by atoms with Crippen molar-refractivity contribution in [1.82, 2.24) is 20.2 Å². The zero-order valence-electron chi connectivity index (χ0n) is 20.2. The molecule has 0 saturated heterocycles. The first-order valence-corrected chi connectivity index (χ1v) is 12.6. The fraction of sp³-hybridized carbons (Fsp3) is 0.423. The highest BCUT2D eigenvalue weighted by Gasteiger charge is 2.25. The number of carbonyl (C=O) groups is 1. The molecule has 34 heavy (non-hydrogen) atoms. The average Bonchev–Trinajstić information content (AvgIpc) is 3.16. The van der Waals surface area contributed by atoms with Crippen LogP contribution in [0, 0.1) is 0 Å². The molecule has 0 saturated carbocycles. The van der Waals surface area contributed by atoms with E-state index < -0.39 is 0 Å². The molecule has 0 bridgehead atoms. The fourth-order valence-corrected chi connectivity index (χ4v) is 4.89. The van der Waals surface area contributed by atoms with E-state index in [4.69, 9.17) is 10.6 Å². The molecule has 0 aliphatic heterocycles. The van der Waals surface area contributed by atoms with E-state index in [1.165, 1.54) is 33.1 Å². The minimum atomic E-state index is -0.362. The van der Waals surface area contributed by atoms with Gasteiger partial charge in [0.25, 0.3) is 0 Å². The maximum absolute atomic E-state index is 12.9. The van der Waals surface area contributed by atoms with Gasteiger partial charge in [-0.1, -0.05) is 68.9 Å². The fourth-order valence-electron chi connectivity index (χ4n) is 4.09. The molecule has 1 amide bonds. The monoisotopic (exact) mass is 479 g/mol. The number of thioether (sulfide) groups is 1. The normalized spacial score (nSPS) is 16.5. The molecule has 0 radical (unpaired) electrons. The van der Waals surface area contributed by atoms with E-state index in [-0.39, 0.29) is 29.2 Å². The molecule has 3 N–H and O–H groups in total. The van der Waals surface area contributed by atoms with Crippen LogP contribution in [0.25, 0.3) is 0 Å². The van der Waals surface area contributed by atoms with Crippen LogP contribution in [0.5, 0.6) is 5.75 Å². The highest BCUT2D eigenvalue weighted by molar-refractivity contribution is 8.00. The Bertz CT molecular complexity index is 1140. The van der Waals surface area contributed by atoms with Crippen molar-refractivity contribution < 1.29 is 9.53 Å². The van der Waals surface area contributed by atoms with Crippen molar-refractivity contribution in [2.45, 2.75) is 75.4 Å². The summed E-state index contributed by atoms with van der Waals surface area (Å²) in [5, 5.41) is 11.6. The van der Waals surface area contributed by atoms with Crippen LogP contribution in [0.4, 0.5) is 0 Å². The number of amides is 1. The summed E-state index contributed by atoms with van der Waals surface area (Å²) in [4.78, 5) is 12.9. The van der Waals surface area contributed by atoms with E-state index in [9.17, 15) is 4.79 Å². The van der Waals surface area contributed by atoms with Gasteiger partial charge >= 0.3 is 0 Å². The maximum atomic E-state index is 12.9. The largest absolute Gasteiger partial charge is 0.486 e. The van der Waals surface area contributed by atoms with Crippen LogP contribution in [-0.4, -0.2) is 26.0 Å². The number of nitrogens with one attached hydrogen (secondary N) is 1. The molecule has 0 fully saturated rings. The van der Waals surface area contributed by atoms with Crippen LogP contribution in [0.15, 0.2) is 53.7 Å². The summed E-state index contributed by atoms with van der Waals surface area (Å²) in [5.74, 6) is 7.41. The number of ether oxygens (including phenoxy) is 1. The smallest absolute Gasteiger partial charge is 0.233 e. The summed E-state index contributed by atoms with van der Waals surface area (Å²) in [6.07, 6.45) is 3.09. The second-order valence-corrected chi connectivity index (χ2v) is 11.1. The Morgan fingerprint density at radius 1 is 1.21 bits per heavy atom. The summed E-state index contributed by atoms with van der Waals surface area (Å²) < 4.78 is 7.24. The van der Waals surface area contributed by atoms with Crippen molar-refractivity contribution in [3.8, 4) is 5.75 Å². The van der Waals surface area contributed by atoms with Crippen LogP contribution in [0.3, 0.4) is 0 Å². The summed E-state index contributed by atoms with van der Waals surface area (Å²) in [6, 6.07) is 16.4. The molecule has 3 aromatic rings. The predicted molar refractivity (Wildman–Crippen MR) is 135 cm³/mol. The quantitative estimate of drug-likeness (QED) is 0.382. The molecule has 1 aliphatic carbocycles. The lowest BCUT2D eigenvalue weighted by Gasteiger charge is -2.27. The third kappa shape index (κ3) is 5.55. The van der Waals surface area contributed by atoms with Gasteiger partial charge in [-0.05, 0) is 60.4 Å². The molecule has 4 rings (SSSR count). The summed E-state index contributed by atoms with van der Waals surface area (Å²) in [5.41, 5.74) is 3.87. The first kappa shape index (κ1) is 24.1. The molecule has 8 heteroatoms. The molecule has 1 heterocycles. The molecule has 1 aliphatic rings. The Hall–Kier alpha value is -3.00. The third-order valence-electron chi connectivity index (χ3n) is 6.16. The minimum Gasteiger partial charge on any atom is -0.486 e. The molecule has 7 nitrogen and oxygen atoms in total. The Balaban J connectivity index is 1.33. The number of benzene rings is 2. The van der Waals surface area contributed by atoms with Crippen molar-refractivity contribution in [2.24, 2.45) is 0 Å². The second kappa shape index (κ2) is 10.1. The van der Waals surface area contributed by atoms with Gasteiger partial charge in [0.15, 0.2) is 5.82 Å². The number of carbonyl (C=O) groups excluding carboxylic acids is 1. The van der Waals surface area contributed by atoms with Crippen molar-refractivity contribution >= 4 is 17.7 Å². The van der Waals surface area contributed by atoms with E-state index >= 15 is 0 Å². The number of nitrogen functional groups attached to an aromatic ring is 1. The van der Waals surface area contributed by atoms with Crippen LogP contribution in [0.2, 0.25) is 0 Å². The highest BCUT2D eigenvalue weighted by atomic mass is 32.2. The van der Waals surface area contributed by atoms with Gasteiger partial charge in [-0.2, -0.15) is 0 Å². The molecule has 2 aromatic carbocycles. The summed E-state index contributed by atoms with van der Waals surface area (Å²) in [6.45, 7) is 8.57. The standard InChI is InChI=1S/C26H33N5O2S/c1-17(24(32)28-22-11-7-9-18-8-5-6-10-21(18)22)34-25-30-29-23(31(25)27)16-33-20-14-12-19(13-15-20)26(2,3)4/h5-6,8,10,12-15,17,22H,7,9,11,16,27H2,1-4H3,(H,28,32). The van der Waals surface area contributed by atoms with Crippen LogP contribution in [-0.2, 0) is 23.2 Å². The van der Waals surface area contributed by atoms with Crippen molar-refractivity contribution in [3.63, 3.8) is 0 Å². The van der Waals surface area contributed by atoms with E-state index in [0.29, 0.717) is 11.0 Å². The lowest BCUT2D eigenvalue weighted by Crippen LogP contribution is -2.36. The SMILES string of the molecule is CC(Sc1nnc(COc2ccc(C(C)(C)C)cc2)n1N)C(=O)NC1CCCc2ccccc21. The van der Waals surface area contributed by atoms with Gasteiger partial charge < -0.3 is 15.9 Å². The van der Waals surface area contributed by atoms with E-state index in [0.717, 1.165) is 25.0 Å². The van der Waals surface area contributed by atoms with Gasteiger partial charge in [0.05, 0.1) is 11.3 Å². The zero-order chi connectivity index (χ0) is 24.3. The number of hydrogen-bond acceptors (Lipinski definition) is 6. The van der Waals surface area contributed by atoms with Gasteiger partial charge in [-0.25, -0.2) is 4.68 Å². The van der Waals surface area contributed by atoms with Gasteiger partial charge in [0, 0.05) is 0 Å². The van der Waals surface area contributed by atoms with Gasteiger partial charge in [0.1, 0.15) is 12.4 Å². The van der Waals surface area contributed by atoms with Gasteiger partial charge in [-0.15, -0.1) is 10.2 Å². The number of aromatic nitrogens is 3. The molecule has 0 spiro atoms. The van der Waals surface area contributed by atoms with E-state index in [1.807, 2.05) is 25.1 Å². The molecular formula is C26H33N5O2S. The van der Waals surface area contributed by atoms with Crippen molar-refractivity contribution in [1.29, 1.82) is 0 Å². The highest BCUT2D eigenvalue weighted by Crippen LogP contribution is 2.30. The molecular weight excluding hydrogens is 446 g/mol. The third-order valence-corrected chi connectivity index (χ3v) is 7.22. The topological polar surface area (TPSA) is 95.1 Å². The lowest BCUT2D eigenvalue weighted by molar-refractivity contribution is -0.121. The van der Waals surface area contributed by atoms with Crippen LogP contribution in [0.1, 0.15) is 69.1 Å². The van der Waals surface area contributed by atoms with E-state index in [1.54, 1.807) is 0 Å². The predicted octanol–water partition coefficient (Wildman–Crippen LogP) is 4.54. The van der Waals surface area contributed by atoms with Crippen LogP contribution >= 0.6 is 11.8 Å². The molecule has 2 atom stereocenters. The molecule has 180 valence electrons. The van der Waals surface area contributed by atoms with Gasteiger partial charge in [-0.3, -0.25) is 4.79 Å². The summed E-state index contributed by atoms with van der Waals surface area (Å²) in [7, 11) is 0. The molecule has 2 unspecified atom stereocenters. The number of nitrogens with two attached hydrogens (primary N) is 1. The Labute approximate surface area is 205 Å². The second-order valence-electron chi connectivity index (χ2n) is 9.74. The van der Waals surface area contributed by atoms with Crippen LogP contribution < -0.4 is 15.9 Å². The van der Waals surface area contributed by atoms with Crippen molar-refractivity contribution in [2.75, 3.05) is 5.84 Å². The minimum absolute atomic E-state index is 0.0357. The number of rotatable bonds is 7. The molecule has 1 aromatic heterocycles. The summed E-state index contributed by atoms with van der Waals surface area (Å²) >= 11 is 1.29. The van der Waals surface area contributed by atoms with Gasteiger partial charge in [0.2, 0.25) is 11.1 Å². The number of aryl methyl sites for hydroxylation is 1. The average molecular weight is 480 g/mol. The Kier molecular flexibility index (Phi) is 7.16. The number of hydrogen-bond donors (Lipinski definition) is 2. The Morgan fingerprint density at radius 2 is 1.94 bits per heavy atom. The maximum Gasteiger partial charge on any atom is 0.233 e. The van der Waals surface area contributed by atoms with Crippen molar-refractivity contribution in [3.05, 3.63) is 71.0 Å². The Morgan fingerprint density at radius 3 is 2.68 bits per heavy atom. The number of nitrogens with zero attached hydrogens (tertiary/aromatic N) is 3. The number of fused-ring (bicyclic) bond motifs is 1. The first-order valence-electron chi connectivity index (χ1n) is 11.7. The zero-order valence-corrected chi connectivity index (χ0v) is 21.1.